The average molecular weight is 383 g/mol. The first-order valence-corrected chi connectivity index (χ1v) is 9.56. The van der Waals surface area contributed by atoms with Crippen molar-refractivity contribution in [2.75, 3.05) is 30.6 Å². The third kappa shape index (κ3) is 5.89. The first kappa shape index (κ1) is 21.6. The van der Waals surface area contributed by atoms with Crippen LogP contribution in [-0.2, 0) is 16.2 Å². The average Bonchev–Trinajstić information content (AvgIpc) is 2.70. The molecule has 0 aliphatic rings. The van der Waals surface area contributed by atoms with Crippen molar-refractivity contribution >= 4 is 17.3 Å². The smallest absolute Gasteiger partial charge is 0.226 e. The molecule has 2 aromatic rings. The van der Waals surface area contributed by atoms with Gasteiger partial charge in [-0.15, -0.1) is 0 Å². The maximum Gasteiger partial charge on any atom is 0.226 e. The Hall–Kier alpha value is -2.73. The standard InChI is InChI=1S/C22H30N4O2/c1-6-22(27)26(15-18(3)24-23-4)20-12-13-21(17(2)14-20)25(5)28-16-19-10-8-7-9-11-19/h7-14,18H,6,15-16H2,1-5H3. The van der Waals surface area contributed by atoms with Gasteiger partial charge in [-0.3, -0.25) is 14.7 Å². The number of hydroxylamine groups is 1. The Bertz CT molecular complexity index is 792. The van der Waals surface area contributed by atoms with Gasteiger partial charge in [-0.2, -0.15) is 10.2 Å². The monoisotopic (exact) mass is 382 g/mol. The lowest BCUT2D eigenvalue weighted by Crippen LogP contribution is -2.35. The summed E-state index contributed by atoms with van der Waals surface area (Å²) in [5.41, 5.74) is 3.97. The number of carbonyl (C=O) groups excluding carboxylic acids is 1. The van der Waals surface area contributed by atoms with E-state index in [9.17, 15) is 4.79 Å². The molecule has 0 saturated heterocycles. The molecule has 6 heteroatoms. The van der Waals surface area contributed by atoms with Crippen LogP contribution in [0, 0.1) is 6.92 Å². The van der Waals surface area contributed by atoms with Crippen molar-refractivity contribution in [2.45, 2.75) is 39.8 Å². The molecular weight excluding hydrogens is 352 g/mol. The lowest BCUT2D eigenvalue weighted by atomic mass is 10.1. The minimum Gasteiger partial charge on any atom is -0.310 e. The summed E-state index contributed by atoms with van der Waals surface area (Å²) >= 11 is 0. The molecular formula is C22H30N4O2. The van der Waals surface area contributed by atoms with Crippen molar-refractivity contribution in [1.82, 2.24) is 0 Å². The lowest BCUT2D eigenvalue weighted by molar-refractivity contribution is -0.118. The quantitative estimate of drug-likeness (QED) is 0.463. The number of hydrogen-bond donors (Lipinski definition) is 0. The number of aryl methyl sites for hydroxylation is 1. The van der Waals surface area contributed by atoms with Crippen molar-refractivity contribution in [2.24, 2.45) is 10.2 Å². The predicted molar refractivity (Wildman–Crippen MR) is 114 cm³/mol. The fraction of sp³-hybridized carbons (Fsp3) is 0.409. The summed E-state index contributed by atoms with van der Waals surface area (Å²) in [4.78, 5) is 20.1. The highest BCUT2D eigenvalue weighted by molar-refractivity contribution is 5.93. The summed E-state index contributed by atoms with van der Waals surface area (Å²) in [6, 6.07) is 15.9. The second kappa shape index (κ2) is 10.6. The molecule has 150 valence electrons. The van der Waals surface area contributed by atoms with E-state index in [4.69, 9.17) is 4.84 Å². The summed E-state index contributed by atoms with van der Waals surface area (Å²) in [6.45, 7) is 6.84. The van der Waals surface area contributed by atoms with Crippen LogP contribution < -0.4 is 9.96 Å². The summed E-state index contributed by atoms with van der Waals surface area (Å²) in [5, 5.41) is 9.73. The Kier molecular flexibility index (Phi) is 8.14. The second-order valence-electron chi connectivity index (χ2n) is 6.75. The molecule has 0 radical (unpaired) electrons. The Morgan fingerprint density at radius 3 is 2.50 bits per heavy atom. The van der Waals surface area contributed by atoms with E-state index < -0.39 is 0 Å². The van der Waals surface area contributed by atoms with E-state index in [0.29, 0.717) is 19.6 Å². The predicted octanol–water partition coefficient (Wildman–Crippen LogP) is 4.78. The van der Waals surface area contributed by atoms with E-state index in [-0.39, 0.29) is 11.9 Å². The Morgan fingerprint density at radius 1 is 1.18 bits per heavy atom. The van der Waals surface area contributed by atoms with Gasteiger partial charge in [0.05, 0.1) is 18.3 Å². The minimum absolute atomic E-state index is 0.0580. The Balaban J connectivity index is 2.14. The molecule has 0 spiro atoms. The number of anilines is 2. The van der Waals surface area contributed by atoms with Crippen LogP contribution in [0.25, 0.3) is 0 Å². The van der Waals surface area contributed by atoms with Crippen molar-refractivity contribution in [1.29, 1.82) is 0 Å². The maximum atomic E-state index is 12.5. The van der Waals surface area contributed by atoms with Crippen LogP contribution in [0.4, 0.5) is 11.4 Å². The zero-order chi connectivity index (χ0) is 20.5. The Labute approximate surface area is 167 Å². The van der Waals surface area contributed by atoms with Crippen LogP contribution >= 0.6 is 0 Å². The third-order valence-electron chi connectivity index (χ3n) is 4.46. The summed E-state index contributed by atoms with van der Waals surface area (Å²) in [7, 11) is 3.54. The lowest BCUT2D eigenvalue weighted by Gasteiger charge is -2.26. The van der Waals surface area contributed by atoms with Gasteiger partial charge < -0.3 is 4.90 Å². The molecule has 2 aromatic carbocycles. The molecule has 0 N–H and O–H groups in total. The fourth-order valence-electron chi connectivity index (χ4n) is 3.02. The number of rotatable bonds is 9. The molecule has 1 atom stereocenters. The second-order valence-corrected chi connectivity index (χ2v) is 6.75. The summed E-state index contributed by atoms with van der Waals surface area (Å²) in [6.07, 6.45) is 0.441. The van der Waals surface area contributed by atoms with E-state index in [2.05, 4.69) is 10.2 Å². The van der Waals surface area contributed by atoms with Crippen LogP contribution in [-0.4, -0.2) is 32.6 Å². The highest BCUT2D eigenvalue weighted by Gasteiger charge is 2.18. The molecule has 0 bridgehead atoms. The van der Waals surface area contributed by atoms with Crippen molar-refractivity contribution in [3.8, 4) is 0 Å². The molecule has 0 saturated carbocycles. The highest BCUT2D eigenvalue weighted by Crippen LogP contribution is 2.26. The molecule has 1 amide bonds. The first-order chi connectivity index (χ1) is 13.5. The van der Waals surface area contributed by atoms with Crippen LogP contribution in [0.15, 0.2) is 58.8 Å². The van der Waals surface area contributed by atoms with Gasteiger partial charge in [-0.05, 0) is 43.2 Å². The minimum atomic E-state index is -0.0580. The number of hydrogen-bond acceptors (Lipinski definition) is 5. The third-order valence-corrected chi connectivity index (χ3v) is 4.46. The number of amides is 1. The number of carbonyl (C=O) groups is 1. The van der Waals surface area contributed by atoms with E-state index >= 15 is 0 Å². The van der Waals surface area contributed by atoms with Gasteiger partial charge >= 0.3 is 0 Å². The molecule has 0 fully saturated rings. The Morgan fingerprint density at radius 2 is 1.89 bits per heavy atom. The van der Waals surface area contributed by atoms with Crippen LogP contribution in [0.5, 0.6) is 0 Å². The van der Waals surface area contributed by atoms with Gasteiger partial charge in [0, 0.05) is 32.7 Å². The zero-order valence-electron chi connectivity index (χ0n) is 17.4. The van der Waals surface area contributed by atoms with Crippen LogP contribution in [0.1, 0.15) is 31.4 Å². The molecule has 6 nitrogen and oxygen atoms in total. The fourth-order valence-corrected chi connectivity index (χ4v) is 3.02. The molecule has 0 aromatic heterocycles. The van der Waals surface area contributed by atoms with Gasteiger partial charge in [0.2, 0.25) is 5.91 Å². The van der Waals surface area contributed by atoms with Gasteiger partial charge in [0.25, 0.3) is 0 Å². The van der Waals surface area contributed by atoms with Crippen molar-refractivity contribution in [3.05, 3.63) is 59.7 Å². The van der Waals surface area contributed by atoms with Crippen LogP contribution in [0.3, 0.4) is 0 Å². The highest BCUT2D eigenvalue weighted by atomic mass is 16.7. The number of azo groups is 1. The summed E-state index contributed by atoms with van der Waals surface area (Å²) < 4.78 is 0. The molecule has 0 aliphatic heterocycles. The number of benzene rings is 2. The molecule has 28 heavy (non-hydrogen) atoms. The normalized spacial score (nSPS) is 12.2. The van der Waals surface area contributed by atoms with Crippen molar-refractivity contribution < 1.29 is 9.63 Å². The largest absolute Gasteiger partial charge is 0.310 e. The topological polar surface area (TPSA) is 57.5 Å². The molecule has 0 heterocycles. The number of nitrogens with zero attached hydrogens (tertiary/aromatic N) is 4. The zero-order valence-corrected chi connectivity index (χ0v) is 17.4. The van der Waals surface area contributed by atoms with E-state index in [0.717, 1.165) is 22.5 Å². The van der Waals surface area contributed by atoms with Gasteiger partial charge in [-0.1, -0.05) is 37.3 Å². The van der Waals surface area contributed by atoms with E-state index in [1.54, 1.807) is 17.0 Å². The van der Waals surface area contributed by atoms with Crippen molar-refractivity contribution in [3.63, 3.8) is 0 Å². The van der Waals surface area contributed by atoms with Crippen LogP contribution in [0.2, 0.25) is 0 Å². The first-order valence-electron chi connectivity index (χ1n) is 9.56. The van der Waals surface area contributed by atoms with E-state index in [1.165, 1.54) is 0 Å². The van der Waals surface area contributed by atoms with E-state index in [1.807, 2.05) is 76.3 Å². The summed E-state index contributed by atoms with van der Waals surface area (Å²) in [5.74, 6) is 0.0685. The molecule has 1 unspecified atom stereocenters. The van der Waals surface area contributed by atoms with Gasteiger partial charge in [0.15, 0.2) is 0 Å². The SMILES string of the molecule is CCC(=O)N(CC(C)N=NC)c1ccc(N(C)OCc2ccccc2)c(C)c1. The maximum absolute atomic E-state index is 12.5. The molecule has 2 rings (SSSR count). The van der Waals surface area contributed by atoms with Gasteiger partial charge in [0.1, 0.15) is 0 Å². The molecule has 0 aliphatic carbocycles. The van der Waals surface area contributed by atoms with Gasteiger partial charge in [-0.25, -0.2) is 0 Å².